The van der Waals surface area contributed by atoms with Crippen LogP contribution < -0.4 is 4.74 Å². The summed E-state index contributed by atoms with van der Waals surface area (Å²) in [6.45, 7) is 0. The highest BCUT2D eigenvalue weighted by Crippen LogP contribution is 2.21. The second-order valence-corrected chi connectivity index (χ2v) is 3.65. The predicted molar refractivity (Wildman–Crippen MR) is 67.2 cm³/mol. The lowest BCUT2D eigenvalue weighted by Crippen LogP contribution is -2.01. The van der Waals surface area contributed by atoms with Crippen LogP contribution in [-0.4, -0.2) is 25.5 Å². The minimum Gasteiger partial charge on any atom is -0.496 e. The number of carbonyl (C=O) groups excluding carboxylic acids is 1. The van der Waals surface area contributed by atoms with Gasteiger partial charge in [0.2, 0.25) is 0 Å². The van der Waals surface area contributed by atoms with Crippen LogP contribution in [0.2, 0.25) is 0 Å². The molecule has 86 valence electrons. The molecule has 0 radical (unpaired) electrons. The zero-order valence-corrected chi connectivity index (χ0v) is 10.8. The first-order valence-electron chi connectivity index (χ1n) is 4.71. The van der Waals surface area contributed by atoms with E-state index in [1.165, 1.54) is 7.11 Å². The molecule has 0 bridgehead atoms. The first-order chi connectivity index (χ1) is 7.72. The maximum atomic E-state index is 11.3. The van der Waals surface area contributed by atoms with Gasteiger partial charge in [0.25, 0.3) is 0 Å². The lowest BCUT2D eigenvalue weighted by atomic mass is 10.1. The number of allylic oxidation sites excluding steroid dienone is 1. The van der Waals surface area contributed by atoms with Crippen molar-refractivity contribution in [2.45, 2.75) is 0 Å². The van der Waals surface area contributed by atoms with Crippen molar-refractivity contribution < 1.29 is 14.3 Å². The molecular weight excluding hydrogens is 272 g/mol. The van der Waals surface area contributed by atoms with E-state index in [1.54, 1.807) is 25.3 Å². The van der Waals surface area contributed by atoms with Gasteiger partial charge in [-0.2, -0.15) is 0 Å². The number of hydrogen-bond acceptors (Lipinski definition) is 3. The van der Waals surface area contributed by atoms with Gasteiger partial charge in [-0.3, -0.25) is 0 Å². The summed E-state index contributed by atoms with van der Waals surface area (Å²) in [6.07, 6.45) is 3.82. The minimum absolute atomic E-state index is 0.351. The van der Waals surface area contributed by atoms with Crippen molar-refractivity contribution in [3.05, 3.63) is 35.4 Å². The molecule has 0 aliphatic carbocycles. The van der Waals surface area contributed by atoms with Crippen LogP contribution in [0.15, 0.2) is 24.3 Å². The first-order valence-corrected chi connectivity index (χ1v) is 5.84. The van der Waals surface area contributed by atoms with Crippen molar-refractivity contribution in [3.63, 3.8) is 0 Å². The summed E-state index contributed by atoms with van der Waals surface area (Å²) in [5.74, 6) is 0.376. The Balaban J connectivity index is 3.10. The molecule has 0 aliphatic rings. The van der Waals surface area contributed by atoms with E-state index in [2.05, 4.69) is 20.7 Å². The van der Waals surface area contributed by atoms with Gasteiger partial charge in [-0.1, -0.05) is 28.1 Å². The molecule has 0 saturated heterocycles. The van der Waals surface area contributed by atoms with Crippen LogP contribution in [0, 0.1) is 0 Å². The SMILES string of the molecule is COC(=O)c1ccc(OC)c(C=CCBr)c1. The van der Waals surface area contributed by atoms with Crippen molar-refractivity contribution in [1.29, 1.82) is 0 Å². The second-order valence-electron chi connectivity index (χ2n) is 3.00. The van der Waals surface area contributed by atoms with E-state index in [0.717, 1.165) is 16.6 Å². The third-order valence-electron chi connectivity index (χ3n) is 2.04. The Morgan fingerprint density at radius 2 is 2.19 bits per heavy atom. The molecular formula is C12H13BrO3. The van der Waals surface area contributed by atoms with E-state index < -0.39 is 0 Å². The normalized spacial score (nSPS) is 10.4. The number of esters is 1. The zero-order valence-electron chi connectivity index (χ0n) is 9.20. The van der Waals surface area contributed by atoms with Gasteiger partial charge in [-0.05, 0) is 18.2 Å². The topological polar surface area (TPSA) is 35.5 Å². The monoisotopic (exact) mass is 284 g/mol. The molecule has 0 spiro atoms. The Hall–Kier alpha value is -1.29. The summed E-state index contributed by atoms with van der Waals surface area (Å²) >= 11 is 3.30. The van der Waals surface area contributed by atoms with Gasteiger partial charge in [0, 0.05) is 10.9 Å². The highest BCUT2D eigenvalue weighted by atomic mass is 79.9. The quantitative estimate of drug-likeness (QED) is 0.630. The van der Waals surface area contributed by atoms with Crippen molar-refractivity contribution in [3.8, 4) is 5.75 Å². The summed E-state index contributed by atoms with van der Waals surface area (Å²) in [7, 11) is 2.96. The molecule has 0 saturated carbocycles. The molecule has 0 heterocycles. The van der Waals surface area contributed by atoms with E-state index >= 15 is 0 Å². The molecule has 1 rings (SSSR count). The minimum atomic E-state index is -0.351. The number of halogens is 1. The second kappa shape index (κ2) is 6.33. The molecule has 4 heteroatoms. The van der Waals surface area contributed by atoms with Crippen molar-refractivity contribution >= 4 is 28.0 Å². The third kappa shape index (κ3) is 3.10. The maximum Gasteiger partial charge on any atom is 0.337 e. The van der Waals surface area contributed by atoms with Crippen LogP contribution in [0.4, 0.5) is 0 Å². The number of benzene rings is 1. The number of rotatable bonds is 4. The fraction of sp³-hybridized carbons (Fsp3) is 0.250. The molecule has 0 unspecified atom stereocenters. The van der Waals surface area contributed by atoms with Gasteiger partial charge in [0.15, 0.2) is 0 Å². The zero-order chi connectivity index (χ0) is 12.0. The van der Waals surface area contributed by atoms with Crippen LogP contribution in [0.5, 0.6) is 5.75 Å². The average Bonchev–Trinajstić information content (AvgIpc) is 2.34. The summed E-state index contributed by atoms with van der Waals surface area (Å²) in [5, 5.41) is 0.749. The van der Waals surface area contributed by atoms with E-state index in [-0.39, 0.29) is 5.97 Å². The van der Waals surface area contributed by atoms with Crippen LogP contribution in [-0.2, 0) is 4.74 Å². The summed E-state index contributed by atoms with van der Waals surface area (Å²) in [4.78, 5) is 11.3. The number of ether oxygens (including phenoxy) is 2. The Morgan fingerprint density at radius 1 is 1.44 bits per heavy atom. The van der Waals surface area contributed by atoms with E-state index in [0.29, 0.717) is 5.56 Å². The number of alkyl halides is 1. The highest BCUT2D eigenvalue weighted by molar-refractivity contribution is 9.09. The molecule has 0 fully saturated rings. The van der Waals surface area contributed by atoms with Gasteiger partial charge in [0.05, 0.1) is 19.8 Å². The molecule has 0 atom stereocenters. The lowest BCUT2D eigenvalue weighted by molar-refractivity contribution is 0.0600. The predicted octanol–water partition coefficient (Wildman–Crippen LogP) is 2.89. The molecule has 1 aromatic carbocycles. The Bertz CT molecular complexity index is 399. The fourth-order valence-corrected chi connectivity index (χ4v) is 1.47. The largest absolute Gasteiger partial charge is 0.496 e. The maximum absolute atomic E-state index is 11.3. The Labute approximate surface area is 103 Å². The highest BCUT2D eigenvalue weighted by Gasteiger charge is 2.08. The average molecular weight is 285 g/mol. The summed E-state index contributed by atoms with van der Waals surface area (Å²) < 4.78 is 9.85. The van der Waals surface area contributed by atoms with E-state index in [9.17, 15) is 4.79 Å². The van der Waals surface area contributed by atoms with Crippen LogP contribution in [0.25, 0.3) is 6.08 Å². The Kier molecular flexibility index (Phi) is 5.05. The summed E-state index contributed by atoms with van der Waals surface area (Å²) in [5.41, 5.74) is 1.36. The molecule has 0 aromatic heterocycles. The molecule has 0 N–H and O–H groups in total. The standard InChI is InChI=1S/C12H13BrO3/c1-15-11-6-5-10(12(14)16-2)8-9(11)4-3-7-13/h3-6,8H,7H2,1-2H3. The molecule has 0 aliphatic heterocycles. The number of carbonyl (C=O) groups is 1. The van der Waals surface area contributed by atoms with Gasteiger partial charge >= 0.3 is 5.97 Å². The Morgan fingerprint density at radius 3 is 2.75 bits per heavy atom. The van der Waals surface area contributed by atoms with Crippen LogP contribution in [0.1, 0.15) is 15.9 Å². The first kappa shape index (κ1) is 12.8. The number of methoxy groups -OCH3 is 2. The van der Waals surface area contributed by atoms with Crippen molar-refractivity contribution in [1.82, 2.24) is 0 Å². The van der Waals surface area contributed by atoms with Crippen molar-refractivity contribution in [2.75, 3.05) is 19.5 Å². The van der Waals surface area contributed by atoms with E-state index in [1.807, 2.05) is 12.2 Å². The molecule has 0 amide bonds. The molecule has 1 aromatic rings. The lowest BCUT2D eigenvalue weighted by Gasteiger charge is -2.06. The van der Waals surface area contributed by atoms with Gasteiger partial charge < -0.3 is 9.47 Å². The van der Waals surface area contributed by atoms with Crippen LogP contribution in [0.3, 0.4) is 0 Å². The van der Waals surface area contributed by atoms with Gasteiger partial charge in [0.1, 0.15) is 5.75 Å². The van der Waals surface area contributed by atoms with E-state index in [4.69, 9.17) is 4.74 Å². The van der Waals surface area contributed by atoms with Gasteiger partial charge in [-0.15, -0.1) is 0 Å². The number of hydrogen-bond donors (Lipinski definition) is 0. The van der Waals surface area contributed by atoms with Gasteiger partial charge in [-0.25, -0.2) is 4.79 Å². The fourth-order valence-electron chi connectivity index (χ4n) is 1.28. The summed E-state index contributed by atoms with van der Waals surface area (Å²) in [6, 6.07) is 5.17. The smallest absolute Gasteiger partial charge is 0.337 e. The molecule has 16 heavy (non-hydrogen) atoms. The third-order valence-corrected chi connectivity index (χ3v) is 2.41. The van der Waals surface area contributed by atoms with Crippen molar-refractivity contribution in [2.24, 2.45) is 0 Å². The van der Waals surface area contributed by atoms with Crippen LogP contribution >= 0.6 is 15.9 Å². The molecule has 3 nitrogen and oxygen atoms in total.